The molecular weight excluding hydrogens is 372 g/mol. The Morgan fingerprint density at radius 2 is 2.09 bits per heavy atom. The fourth-order valence-corrected chi connectivity index (χ4v) is 2.15. The molecule has 4 nitrogen and oxygen atoms in total. The lowest BCUT2D eigenvalue weighted by Crippen LogP contribution is -2.19. The van der Waals surface area contributed by atoms with Crippen molar-refractivity contribution in [1.82, 2.24) is 9.78 Å². The Hall–Kier alpha value is -1.90. The van der Waals surface area contributed by atoms with Gasteiger partial charge in [0.05, 0.1) is 12.8 Å². The molecule has 2 rings (SSSR count). The molecule has 22 heavy (non-hydrogen) atoms. The maximum absolute atomic E-state index is 13.9. The monoisotopic (exact) mass is 380 g/mol. The van der Waals surface area contributed by atoms with Crippen LogP contribution in [0.1, 0.15) is 23.0 Å². The van der Waals surface area contributed by atoms with E-state index in [-0.39, 0.29) is 6.61 Å². The van der Waals surface area contributed by atoms with Crippen LogP contribution in [0.3, 0.4) is 0 Å². The summed E-state index contributed by atoms with van der Waals surface area (Å²) in [7, 11) is 0. The molecule has 0 saturated carbocycles. The van der Waals surface area contributed by atoms with E-state index in [1.165, 1.54) is 13.0 Å². The van der Waals surface area contributed by atoms with Crippen LogP contribution in [0.4, 0.5) is 17.6 Å². The number of esters is 1. The summed E-state index contributed by atoms with van der Waals surface area (Å²) in [6.07, 6.45) is -4.19. The van der Waals surface area contributed by atoms with Gasteiger partial charge in [-0.05, 0) is 25.1 Å². The van der Waals surface area contributed by atoms with Crippen molar-refractivity contribution in [3.63, 3.8) is 0 Å². The molecule has 0 amide bonds. The average Bonchev–Trinajstić information content (AvgIpc) is 2.83. The van der Waals surface area contributed by atoms with E-state index in [1.807, 2.05) is 0 Å². The Bertz CT molecular complexity index is 713. The van der Waals surface area contributed by atoms with E-state index in [0.29, 0.717) is 15.4 Å². The van der Waals surface area contributed by atoms with Crippen LogP contribution in [0, 0.1) is 5.82 Å². The van der Waals surface area contributed by atoms with Gasteiger partial charge in [0.25, 0.3) is 0 Å². The molecule has 0 atom stereocenters. The van der Waals surface area contributed by atoms with Crippen LogP contribution in [0.15, 0.2) is 28.9 Å². The second-order valence-corrected chi connectivity index (χ2v) is 5.05. The lowest BCUT2D eigenvalue weighted by Gasteiger charge is -2.13. The van der Waals surface area contributed by atoms with Crippen molar-refractivity contribution in [3.05, 3.63) is 45.9 Å². The molecule has 0 aliphatic rings. The Balaban J connectivity index is 2.64. The zero-order valence-electron chi connectivity index (χ0n) is 11.1. The van der Waals surface area contributed by atoms with Gasteiger partial charge in [-0.15, -0.1) is 0 Å². The second kappa shape index (κ2) is 6.07. The molecule has 0 spiro atoms. The zero-order chi connectivity index (χ0) is 16.5. The number of hydrogen-bond donors (Lipinski definition) is 0. The highest BCUT2D eigenvalue weighted by atomic mass is 79.9. The topological polar surface area (TPSA) is 44.1 Å². The van der Waals surface area contributed by atoms with Gasteiger partial charge in [-0.25, -0.2) is 13.9 Å². The van der Waals surface area contributed by atoms with E-state index in [2.05, 4.69) is 25.8 Å². The third-order valence-corrected chi connectivity index (χ3v) is 3.16. The molecule has 0 saturated heterocycles. The molecule has 0 unspecified atom stereocenters. The minimum absolute atomic E-state index is 0.0893. The second-order valence-electron chi connectivity index (χ2n) is 4.13. The van der Waals surface area contributed by atoms with Gasteiger partial charge in [0.1, 0.15) is 17.1 Å². The smallest absolute Gasteiger partial charge is 0.434 e. The van der Waals surface area contributed by atoms with Gasteiger partial charge in [0.2, 0.25) is 0 Å². The Morgan fingerprint density at radius 1 is 1.41 bits per heavy atom. The highest BCUT2D eigenvalue weighted by molar-refractivity contribution is 9.10. The largest absolute Gasteiger partial charge is 0.462 e. The standard InChI is InChI=1S/C13H9BrF4N2O2/c1-2-22-12(21)8-6-19-20(11(8)13(16,17)18)10-4-3-7(14)5-9(10)15/h3-6H,2H2,1H3. The maximum Gasteiger partial charge on any atom is 0.434 e. The summed E-state index contributed by atoms with van der Waals surface area (Å²) in [5, 5.41) is 3.49. The molecule has 0 aliphatic carbocycles. The number of nitrogens with zero attached hydrogens (tertiary/aromatic N) is 2. The van der Waals surface area contributed by atoms with Crippen molar-refractivity contribution in [2.24, 2.45) is 0 Å². The molecule has 9 heteroatoms. The third-order valence-electron chi connectivity index (χ3n) is 2.67. The summed E-state index contributed by atoms with van der Waals surface area (Å²) < 4.78 is 58.9. The van der Waals surface area contributed by atoms with Gasteiger partial charge in [0, 0.05) is 4.47 Å². The van der Waals surface area contributed by atoms with Crippen LogP contribution in [-0.2, 0) is 10.9 Å². The molecule has 1 aromatic heterocycles. The highest BCUT2D eigenvalue weighted by Crippen LogP contribution is 2.34. The maximum atomic E-state index is 13.9. The quantitative estimate of drug-likeness (QED) is 0.597. The van der Waals surface area contributed by atoms with Crippen molar-refractivity contribution in [1.29, 1.82) is 0 Å². The van der Waals surface area contributed by atoms with Crippen molar-refractivity contribution in [3.8, 4) is 5.69 Å². The minimum atomic E-state index is -4.90. The van der Waals surface area contributed by atoms with Crippen LogP contribution >= 0.6 is 15.9 Å². The minimum Gasteiger partial charge on any atom is -0.462 e. The summed E-state index contributed by atoms with van der Waals surface area (Å²) >= 11 is 3.01. The Kier molecular flexibility index (Phi) is 4.55. The van der Waals surface area contributed by atoms with E-state index in [9.17, 15) is 22.4 Å². The number of aromatic nitrogens is 2. The number of rotatable bonds is 3. The number of halogens is 5. The number of carbonyl (C=O) groups excluding carboxylic acids is 1. The van der Waals surface area contributed by atoms with Crippen LogP contribution in [0.2, 0.25) is 0 Å². The zero-order valence-corrected chi connectivity index (χ0v) is 12.7. The molecule has 0 N–H and O–H groups in total. The molecule has 0 fully saturated rings. The van der Waals surface area contributed by atoms with Crippen molar-refractivity contribution >= 4 is 21.9 Å². The van der Waals surface area contributed by atoms with E-state index in [1.54, 1.807) is 0 Å². The summed E-state index contributed by atoms with van der Waals surface area (Å²) in [5.74, 6) is -2.09. The summed E-state index contributed by atoms with van der Waals surface area (Å²) in [4.78, 5) is 11.6. The first-order valence-corrected chi connectivity index (χ1v) is 6.82. The lowest BCUT2D eigenvalue weighted by molar-refractivity contribution is -0.143. The van der Waals surface area contributed by atoms with Gasteiger partial charge < -0.3 is 4.74 Å². The molecule has 0 aliphatic heterocycles. The average molecular weight is 381 g/mol. The molecule has 0 bridgehead atoms. The SMILES string of the molecule is CCOC(=O)c1cnn(-c2ccc(Br)cc2F)c1C(F)(F)F. The van der Waals surface area contributed by atoms with Crippen LogP contribution in [0.5, 0.6) is 0 Å². The molecule has 1 aromatic carbocycles. The lowest BCUT2D eigenvalue weighted by atomic mass is 10.2. The van der Waals surface area contributed by atoms with E-state index in [4.69, 9.17) is 0 Å². The van der Waals surface area contributed by atoms with Crippen LogP contribution in [0.25, 0.3) is 5.69 Å². The van der Waals surface area contributed by atoms with Gasteiger partial charge in [-0.3, -0.25) is 0 Å². The number of alkyl halides is 3. The fraction of sp³-hybridized carbons (Fsp3) is 0.231. The first kappa shape index (κ1) is 16.5. The van der Waals surface area contributed by atoms with Gasteiger partial charge in [0.15, 0.2) is 5.69 Å². The van der Waals surface area contributed by atoms with Crippen molar-refractivity contribution in [2.45, 2.75) is 13.1 Å². The number of ether oxygens (including phenoxy) is 1. The van der Waals surface area contributed by atoms with Gasteiger partial charge in [-0.2, -0.15) is 18.3 Å². The number of hydrogen-bond acceptors (Lipinski definition) is 3. The number of carbonyl (C=O) groups is 1. The van der Waals surface area contributed by atoms with Gasteiger partial charge in [-0.1, -0.05) is 15.9 Å². The predicted molar refractivity (Wildman–Crippen MR) is 72.2 cm³/mol. The molecule has 0 radical (unpaired) electrons. The van der Waals surface area contributed by atoms with Crippen LogP contribution < -0.4 is 0 Å². The number of benzene rings is 1. The normalized spacial score (nSPS) is 11.5. The first-order chi connectivity index (χ1) is 10.3. The van der Waals surface area contributed by atoms with Gasteiger partial charge >= 0.3 is 12.1 Å². The third kappa shape index (κ3) is 3.13. The van der Waals surface area contributed by atoms with E-state index >= 15 is 0 Å². The summed E-state index contributed by atoms with van der Waals surface area (Å²) in [6.45, 7) is 1.37. The first-order valence-electron chi connectivity index (χ1n) is 6.03. The van der Waals surface area contributed by atoms with Crippen molar-refractivity contribution < 1.29 is 27.1 Å². The van der Waals surface area contributed by atoms with E-state index < -0.39 is 34.9 Å². The van der Waals surface area contributed by atoms with E-state index in [0.717, 1.165) is 12.1 Å². The fourth-order valence-electron chi connectivity index (χ4n) is 1.82. The molecule has 118 valence electrons. The molecule has 2 aromatic rings. The molecular formula is C13H9BrF4N2O2. The highest BCUT2D eigenvalue weighted by Gasteiger charge is 2.41. The Morgan fingerprint density at radius 3 is 2.64 bits per heavy atom. The molecule has 1 heterocycles. The van der Waals surface area contributed by atoms with Crippen LogP contribution in [-0.4, -0.2) is 22.4 Å². The summed E-state index contributed by atoms with van der Waals surface area (Å²) in [6, 6.07) is 3.49. The predicted octanol–water partition coefficient (Wildman–Crippen LogP) is 3.97. The Labute approximate surface area is 130 Å². The van der Waals surface area contributed by atoms with Crippen molar-refractivity contribution in [2.75, 3.05) is 6.61 Å². The summed E-state index contributed by atoms with van der Waals surface area (Å²) in [5.41, 5.74) is -2.57.